The van der Waals surface area contributed by atoms with E-state index in [1.165, 1.54) is 24.0 Å². The van der Waals surface area contributed by atoms with Crippen LogP contribution in [0.2, 0.25) is 0 Å². The van der Waals surface area contributed by atoms with Crippen LogP contribution in [-0.2, 0) is 9.59 Å². The van der Waals surface area contributed by atoms with Gasteiger partial charge in [0.1, 0.15) is 6.54 Å². The maximum absolute atomic E-state index is 12.9. The van der Waals surface area contributed by atoms with Gasteiger partial charge in [-0.25, -0.2) is 0 Å². The van der Waals surface area contributed by atoms with E-state index in [2.05, 4.69) is 0 Å². The molecule has 0 aromatic heterocycles. The van der Waals surface area contributed by atoms with Crippen molar-refractivity contribution in [2.45, 2.75) is 39.2 Å². The molecule has 1 aliphatic rings. The van der Waals surface area contributed by atoms with Gasteiger partial charge in [0.2, 0.25) is 5.91 Å². The molecule has 0 spiro atoms. The van der Waals surface area contributed by atoms with Crippen LogP contribution in [-0.4, -0.2) is 63.3 Å². The number of nitrogens with zero attached hydrogens (tertiary/aromatic N) is 3. The Balaban J connectivity index is 2.15. The van der Waals surface area contributed by atoms with Crippen LogP contribution in [0.15, 0.2) is 18.2 Å². The predicted octanol–water partition coefficient (Wildman–Crippen LogP) is 1.83. The molecule has 1 N–H and O–H groups in total. The lowest BCUT2D eigenvalue weighted by Crippen LogP contribution is -2.43. The van der Waals surface area contributed by atoms with Crippen LogP contribution >= 0.6 is 0 Å². The minimum absolute atomic E-state index is 0.138. The van der Waals surface area contributed by atoms with Crippen LogP contribution in [0.1, 0.15) is 42.1 Å². The lowest BCUT2D eigenvalue weighted by molar-refractivity contribution is -0.384. The fourth-order valence-electron chi connectivity index (χ4n) is 3.36. The molecule has 1 heterocycles. The number of rotatable bonds is 5. The van der Waals surface area contributed by atoms with E-state index in [0.717, 1.165) is 0 Å². The van der Waals surface area contributed by atoms with Gasteiger partial charge in [-0.1, -0.05) is 6.07 Å². The number of non-ortho nitro benzene ring substituents is 1. The number of carbonyl (C=O) groups excluding carboxylic acids is 2. The Labute approximate surface area is 156 Å². The Morgan fingerprint density at radius 2 is 2.00 bits per heavy atom. The number of carbonyl (C=O) groups is 3. The van der Waals surface area contributed by atoms with E-state index in [9.17, 15) is 24.5 Å². The zero-order valence-electron chi connectivity index (χ0n) is 15.4. The van der Waals surface area contributed by atoms with Crippen molar-refractivity contribution in [3.05, 3.63) is 39.4 Å². The molecule has 1 aromatic carbocycles. The van der Waals surface area contributed by atoms with Gasteiger partial charge < -0.3 is 14.9 Å². The van der Waals surface area contributed by atoms with Gasteiger partial charge in [-0.05, 0) is 31.7 Å². The molecule has 9 nitrogen and oxygen atoms in total. The SMILES string of the molecule is CC(=O)N(CC(=O)O)C1CCCN(C(=O)c2cc([N+](=O)[O-])ccc2C)CC1. The van der Waals surface area contributed by atoms with Crippen LogP contribution in [0.25, 0.3) is 0 Å². The molecule has 1 fully saturated rings. The third kappa shape index (κ3) is 5.02. The van der Waals surface area contributed by atoms with E-state index in [4.69, 9.17) is 5.11 Å². The lowest BCUT2D eigenvalue weighted by Gasteiger charge is -2.29. The summed E-state index contributed by atoms with van der Waals surface area (Å²) in [5, 5.41) is 20.0. The lowest BCUT2D eigenvalue weighted by atomic mass is 10.1. The Bertz CT molecular complexity index is 763. The van der Waals surface area contributed by atoms with Crippen molar-refractivity contribution in [1.82, 2.24) is 9.80 Å². The molecule has 0 bridgehead atoms. The number of nitro benzene ring substituents is 1. The molecule has 1 aliphatic heterocycles. The number of nitro groups is 1. The van der Waals surface area contributed by atoms with Gasteiger partial charge in [0, 0.05) is 43.8 Å². The number of benzene rings is 1. The van der Waals surface area contributed by atoms with E-state index >= 15 is 0 Å². The number of hydrogen-bond acceptors (Lipinski definition) is 5. The van der Waals surface area contributed by atoms with E-state index in [-0.39, 0.29) is 35.7 Å². The first-order valence-electron chi connectivity index (χ1n) is 8.74. The highest BCUT2D eigenvalue weighted by molar-refractivity contribution is 5.96. The predicted molar refractivity (Wildman–Crippen MR) is 96.4 cm³/mol. The molecule has 2 amide bonds. The average molecular weight is 377 g/mol. The third-order valence-corrected chi connectivity index (χ3v) is 4.80. The summed E-state index contributed by atoms with van der Waals surface area (Å²) in [6.07, 6.45) is 1.69. The highest BCUT2D eigenvalue weighted by atomic mass is 16.6. The Morgan fingerprint density at radius 1 is 1.30 bits per heavy atom. The Morgan fingerprint density at radius 3 is 2.59 bits per heavy atom. The molecule has 0 saturated carbocycles. The topological polar surface area (TPSA) is 121 Å². The second-order valence-corrected chi connectivity index (χ2v) is 6.67. The van der Waals surface area contributed by atoms with Crippen molar-refractivity contribution >= 4 is 23.5 Å². The van der Waals surface area contributed by atoms with E-state index in [1.54, 1.807) is 17.9 Å². The monoisotopic (exact) mass is 377 g/mol. The smallest absolute Gasteiger partial charge is 0.323 e. The first-order valence-corrected chi connectivity index (χ1v) is 8.74. The standard InChI is InChI=1S/C18H23N3O6/c1-12-5-6-15(21(26)27)10-16(12)18(25)19-8-3-4-14(7-9-19)20(13(2)22)11-17(23)24/h5-6,10,14H,3-4,7-9,11H2,1-2H3,(H,23,24). The summed E-state index contributed by atoms with van der Waals surface area (Å²) >= 11 is 0. The Hall–Kier alpha value is -2.97. The van der Waals surface area contributed by atoms with Crippen LogP contribution < -0.4 is 0 Å². The summed E-state index contributed by atoms with van der Waals surface area (Å²) in [5.74, 6) is -1.67. The fourth-order valence-corrected chi connectivity index (χ4v) is 3.36. The zero-order valence-corrected chi connectivity index (χ0v) is 15.4. The number of hydrogen-bond donors (Lipinski definition) is 1. The molecule has 1 aromatic rings. The second kappa shape index (κ2) is 8.61. The first-order chi connectivity index (χ1) is 12.7. The summed E-state index contributed by atoms with van der Waals surface area (Å²) < 4.78 is 0. The maximum atomic E-state index is 12.9. The summed E-state index contributed by atoms with van der Waals surface area (Å²) in [7, 11) is 0. The first kappa shape index (κ1) is 20.3. The van der Waals surface area contributed by atoms with Gasteiger partial charge in [-0.2, -0.15) is 0 Å². The van der Waals surface area contributed by atoms with Crippen molar-refractivity contribution in [3.8, 4) is 0 Å². The van der Waals surface area contributed by atoms with Crippen LogP contribution in [0.4, 0.5) is 5.69 Å². The van der Waals surface area contributed by atoms with Gasteiger partial charge in [-0.3, -0.25) is 24.5 Å². The molecule has 2 rings (SSSR count). The van der Waals surface area contributed by atoms with Gasteiger partial charge in [0.25, 0.3) is 11.6 Å². The summed E-state index contributed by atoms with van der Waals surface area (Å²) in [4.78, 5) is 49.1. The van der Waals surface area contributed by atoms with Gasteiger partial charge in [0.05, 0.1) is 4.92 Å². The summed E-state index contributed by atoms with van der Waals surface area (Å²) in [5.41, 5.74) is 0.806. The van der Waals surface area contributed by atoms with Crippen LogP contribution in [0.5, 0.6) is 0 Å². The van der Waals surface area contributed by atoms with E-state index in [1.807, 2.05) is 0 Å². The molecule has 9 heteroatoms. The van der Waals surface area contributed by atoms with Crippen molar-refractivity contribution in [3.63, 3.8) is 0 Å². The summed E-state index contributed by atoms with van der Waals surface area (Å²) in [6.45, 7) is 3.51. The number of amides is 2. The number of aliphatic carboxylic acids is 1. The highest BCUT2D eigenvalue weighted by Crippen LogP contribution is 2.22. The fraction of sp³-hybridized carbons (Fsp3) is 0.500. The molecule has 1 unspecified atom stereocenters. The van der Waals surface area contributed by atoms with Crippen molar-refractivity contribution in [1.29, 1.82) is 0 Å². The number of carboxylic acids is 1. The van der Waals surface area contributed by atoms with Gasteiger partial charge in [-0.15, -0.1) is 0 Å². The minimum Gasteiger partial charge on any atom is -0.480 e. The quantitative estimate of drug-likeness (QED) is 0.617. The minimum atomic E-state index is -1.07. The molecule has 27 heavy (non-hydrogen) atoms. The van der Waals surface area contributed by atoms with Gasteiger partial charge >= 0.3 is 5.97 Å². The Kier molecular flexibility index (Phi) is 6.49. The molecule has 1 atom stereocenters. The molecule has 146 valence electrons. The molecule has 0 aliphatic carbocycles. The molecular formula is C18H23N3O6. The van der Waals surface area contributed by atoms with Crippen LogP contribution in [0.3, 0.4) is 0 Å². The average Bonchev–Trinajstić information content (AvgIpc) is 2.84. The van der Waals surface area contributed by atoms with Gasteiger partial charge in [0.15, 0.2) is 0 Å². The number of aryl methyl sites for hydroxylation is 1. The van der Waals surface area contributed by atoms with E-state index in [0.29, 0.717) is 37.9 Å². The normalized spacial score (nSPS) is 17.1. The van der Waals surface area contributed by atoms with E-state index < -0.39 is 10.9 Å². The maximum Gasteiger partial charge on any atom is 0.323 e. The number of carboxylic acid groups (broad SMARTS) is 1. The van der Waals surface area contributed by atoms with Crippen molar-refractivity contribution in [2.24, 2.45) is 0 Å². The summed E-state index contributed by atoms with van der Waals surface area (Å²) in [6, 6.07) is 3.95. The molecule has 1 saturated heterocycles. The largest absolute Gasteiger partial charge is 0.480 e. The second-order valence-electron chi connectivity index (χ2n) is 6.67. The molecular weight excluding hydrogens is 354 g/mol. The molecule has 0 radical (unpaired) electrons. The zero-order chi connectivity index (χ0) is 20.1. The van der Waals surface area contributed by atoms with Crippen molar-refractivity contribution in [2.75, 3.05) is 19.6 Å². The highest BCUT2D eigenvalue weighted by Gasteiger charge is 2.28. The third-order valence-electron chi connectivity index (χ3n) is 4.80. The van der Waals surface area contributed by atoms with Crippen molar-refractivity contribution < 1.29 is 24.4 Å². The van der Waals surface area contributed by atoms with Crippen LogP contribution in [0, 0.1) is 17.0 Å². The number of likely N-dealkylation sites (tertiary alicyclic amines) is 1.